The van der Waals surface area contributed by atoms with Crippen LogP contribution in [-0.2, 0) is 0 Å². The van der Waals surface area contributed by atoms with E-state index in [1.165, 1.54) is 6.07 Å². The second kappa shape index (κ2) is 4.02. The quantitative estimate of drug-likeness (QED) is 0.815. The topological polar surface area (TPSA) is 56.0 Å². The zero-order chi connectivity index (χ0) is 11.7. The van der Waals surface area contributed by atoms with Crippen LogP contribution in [0.3, 0.4) is 0 Å². The zero-order valence-electron chi connectivity index (χ0n) is 8.53. The Hall–Kier alpha value is -1.75. The molecule has 0 atom stereocenters. The summed E-state index contributed by atoms with van der Waals surface area (Å²) in [7, 11) is 0. The molecule has 0 unspecified atom stereocenters. The summed E-state index contributed by atoms with van der Waals surface area (Å²) >= 11 is 1.11. The van der Waals surface area contributed by atoms with E-state index in [2.05, 4.69) is 4.98 Å². The average molecular weight is 236 g/mol. The van der Waals surface area contributed by atoms with Crippen LogP contribution in [0.2, 0.25) is 0 Å². The number of aldehydes is 1. The Balaban J connectivity index is 2.57. The highest BCUT2D eigenvalue weighted by Gasteiger charge is 2.13. The fourth-order valence-corrected chi connectivity index (χ4v) is 2.16. The maximum atomic E-state index is 13.5. The third kappa shape index (κ3) is 1.81. The lowest BCUT2D eigenvalue weighted by molar-refractivity contribution is 0.112. The molecule has 1 aromatic carbocycles. The SMILES string of the molecule is Cc1ccc(F)c(-c2nc(C=O)c(N)s2)c1. The number of nitrogen functional groups attached to an aromatic ring is 1. The Bertz CT molecular complexity index is 551. The summed E-state index contributed by atoms with van der Waals surface area (Å²) in [6, 6.07) is 4.74. The van der Waals surface area contributed by atoms with Crippen molar-refractivity contribution in [2.75, 3.05) is 5.73 Å². The lowest BCUT2D eigenvalue weighted by Crippen LogP contribution is -1.88. The molecule has 5 heteroatoms. The van der Waals surface area contributed by atoms with Crippen LogP contribution in [0.15, 0.2) is 18.2 Å². The Kier molecular flexibility index (Phi) is 2.70. The van der Waals surface area contributed by atoms with Gasteiger partial charge in [0.15, 0.2) is 6.29 Å². The lowest BCUT2D eigenvalue weighted by Gasteiger charge is -1.99. The van der Waals surface area contributed by atoms with E-state index < -0.39 is 0 Å². The van der Waals surface area contributed by atoms with Gasteiger partial charge in [0, 0.05) is 5.56 Å². The first kappa shape index (κ1) is 10.8. The molecule has 1 heterocycles. The minimum absolute atomic E-state index is 0.168. The standard InChI is InChI=1S/C11H9FN2OS/c1-6-2-3-8(12)7(4-6)11-14-9(5-15)10(13)16-11/h2-5H,13H2,1H3. The summed E-state index contributed by atoms with van der Waals surface area (Å²) in [6.45, 7) is 1.86. The number of nitrogens with two attached hydrogens (primary N) is 1. The first-order valence-corrected chi connectivity index (χ1v) is 5.41. The van der Waals surface area contributed by atoms with Crippen LogP contribution >= 0.6 is 11.3 Å². The van der Waals surface area contributed by atoms with Gasteiger partial charge in [-0.3, -0.25) is 4.79 Å². The van der Waals surface area contributed by atoms with Gasteiger partial charge in [-0.1, -0.05) is 23.0 Å². The van der Waals surface area contributed by atoms with Gasteiger partial charge in [0.1, 0.15) is 21.5 Å². The van der Waals surface area contributed by atoms with E-state index in [-0.39, 0.29) is 11.5 Å². The third-order valence-electron chi connectivity index (χ3n) is 2.14. The molecule has 0 aliphatic heterocycles. The number of benzene rings is 1. The van der Waals surface area contributed by atoms with Crippen LogP contribution in [0.4, 0.5) is 9.39 Å². The zero-order valence-corrected chi connectivity index (χ0v) is 9.34. The largest absolute Gasteiger partial charge is 0.389 e. The minimum atomic E-state index is -0.364. The number of halogens is 1. The predicted molar refractivity (Wildman–Crippen MR) is 62.0 cm³/mol. The van der Waals surface area contributed by atoms with Gasteiger partial charge in [0.2, 0.25) is 0 Å². The van der Waals surface area contributed by atoms with E-state index >= 15 is 0 Å². The normalized spacial score (nSPS) is 10.4. The number of anilines is 1. The first-order chi connectivity index (χ1) is 7.61. The van der Waals surface area contributed by atoms with E-state index in [1.54, 1.807) is 12.1 Å². The van der Waals surface area contributed by atoms with Crippen molar-refractivity contribution in [3.05, 3.63) is 35.3 Å². The van der Waals surface area contributed by atoms with Crippen LogP contribution in [0.25, 0.3) is 10.6 Å². The monoisotopic (exact) mass is 236 g/mol. The van der Waals surface area contributed by atoms with Crippen LogP contribution in [0, 0.1) is 12.7 Å². The summed E-state index contributed by atoms with van der Waals surface area (Å²) in [5.74, 6) is -0.364. The Morgan fingerprint density at radius 3 is 2.88 bits per heavy atom. The van der Waals surface area contributed by atoms with Gasteiger partial charge in [0.05, 0.1) is 0 Å². The fourth-order valence-electron chi connectivity index (χ4n) is 1.35. The van der Waals surface area contributed by atoms with Crippen molar-refractivity contribution in [1.29, 1.82) is 0 Å². The lowest BCUT2D eigenvalue weighted by atomic mass is 10.1. The molecule has 0 aliphatic rings. The summed E-state index contributed by atoms with van der Waals surface area (Å²) in [4.78, 5) is 14.6. The van der Waals surface area contributed by atoms with Gasteiger partial charge < -0.3 is 5.73 Å². The van der Waals surface area contributed by atoms with E-state index in [1.807, 2.05) is 6.92 Å². The summed E-state index contributed by atoms with van der Waals surface area (Å²) < 4.78 is 13.5. The third-order valence-corrected chi connectivity index (χ3v) is 3.08. The maximum absolute atomic E-state index is 13.5. The first-order valence-electron chi connectivity index (χ1n) is 4.60. The molecule has 1 aromatic heterocycles. The molecule has 0 spiro atoms. The highest BCUT2D eigenvalue weighted by Crippen LogP contribution is 2.31. The molecule has 0 bridgehead atoms. The van der Waals surface area contributed by atoms with Crippen LogP contribution in [-0.4, -0.2) is 11.3 Å². The molecule has 0 radical (unpaired) electrons. The highest BCUT2D eigenvalue weighted by molar-refractivity contribution is 7.19. The summed E-state index contributed by atoms with van der Waals surface area (Å²) in [5, 5.41) is 0.742. The van der Waals surface area contributed by atoms with Crippen LogP contribution in [0.1, 0.15) is 16.1 Å². The number of carbonyl (C=O) groups is 1. The molecular formula is C11H9FN2OS. The molecule has 2 aromatic rings. The number of aromatic nitrogens is 1. The molecule has 0 aliphatic carbocycles. The Morgan fingerprint density at radius 2 is 2.25 bits per heavy atom. The number of thiazole rings is 1. The molecule has 0 amide bonds. The molecule has 2 N–H and O–H groups in total. The molecule has 82 valence electrons. The van der Waals surface area contributed by atoms with Crippen molar-refractivity contribution in [1.82, 2.24) is 4.98 Å². The van der Waals surface area contributed by atoms with Crippen molar-refractivity contribution >= 4 is 22.6 Å². The van der Waals surface area contributed by atoms with Crippen molar-refractivity contribution in [3.8, 4) is 10.6 Å². The number of aryl methyl sites for hydroxylation is 1. The number of carbonyl (C=O) groups excluding carboxylic acids is 1. The molecule has 0 saturated carbocycles. The molecule has 0 fully saturated rings. The van der Waals surface area contributed by atoms with Gasteiger partial charge in [-0.15, -0.1) is 0 Å². The predicted octanol–water partition coefficient (Wildman–Crippen LogP) is 2.65. The Labute approximate surface area is 95.7 Å². The second-order valence-corrected chi connectivity index (χ2v) is 4.40. The van der Waals surface area contributed by atoms with E-state index in [4.69, 9.17) is 5.73 Å². The van der Waals surface area contributed by atoms with Crippen molar-refractivity contribution < 1.29 is 9.18 Å². The fraction of sp³-hybridized carbons (Fsp3) is 0.0909. The molecule has 2 rings (SSSR count). The van der Waals surface area contributed by atoms with Crippen molar-refractivity contribution in [3.63, 3.8) is 0 Å². The summed E-state index contributed by atoms with van der Waals surface area (Å²) in [5.41, 5.74) is 7.06. The maximum Gasteiger partial charge on any atom is 0.171 e. The Morgan fingerprint density at radius 1 is 1.50 bits per heavy atom. The van der Waals surface area contributed by atoms with Crippen LogP contribution < -0.4 is 5.73 Å². The van der Waals surface area contributed by atoms with Gasteiger partial charge in [-0.05, 0) is 19.1 Å². The van der Waals surface area contributed by atoms with Crippen LogP contribution in [0.5, 0.6) is 0 Å². The van der Waals surface area contributed by atoms with Crippen molar-refractivity contribution in [2.24, 2.45) is 0 Å². The van der Waals surface area contributed by atoms with Gasteiger partial charge in [0.25, 0.3) is 0 Å². The molecule has 0 saturated heterocycles. The summed E-state index contributed by atoms with van der Waals surface area (Å²) in [6.07, 6.45) is 0.572. The number of hydrogen-bond acceptors (Lipinski definition) is 4. The average Bonchev–Trinajstić information content (AvgIpc) is 2.63. The number of rotatable bonds is 2. The second-order valence-electron chi connectivity index (χ2n) is 3.37. The van der Waals surface area contributed by atoms with Gasteiger partial charge >= 0.3 is 0 Å². The highest BCUT2D eigenvalue weighted by atomic mass is 32.1. The smallest absolute Gasteiger partial charge is 0.171 e. The van der Waals surface area contributed by atoms with E-state index in [9.17, 15) is 9.18 Å². The van der Waals surface area contributed by atoms with Gasteiger partial charge in [-0.25, -0.2) is 9.37 Å². The van der Waals surface area contributed by atoms with E-state index in [0.717, 1.165) is 16.9 Å². The molecular weight excluding hydrogens is 227 g/mol. The van der Waals surface area contributed by atoms with E-state index in [0.29, 0.717) is 21.9 Å². The molecule has 16 heavy (non-hydrogen) atoms. The number of nitrogens with zero attached hydrogens (tertiary/aromatic N) is 1. The number of hydrogen-bond donors (Lipinski definition) is 1. The molecule has 3 nitrogen and oxygen atoms in total. The van der Waals surface area contributed by atoms with Crippen molar-refractivity contribution in [2.45, 2.75) is 6.92 Å². The minimum Gasteiger partial charge on any atom is -0.389 e. The van der Waals surface area contributed by atoms with Gasteiger partial charge in [-0.2, -0.15) is 0 Å².